The molecule has 0 N–H and O–H groups in total. The molecule has 7 nitrogen and oxygen atoms in total. The fourth-order valence-electron chi connectivity index (χ4n) is 5.23. The van der Waals surface area contributed by atoms with Gasteiger partial charge in [-0.1, -0.05) is 12.1 Å². The number of nitriles is 1. The molecule has 1 atom stereocenters. The van der Waals surface area contributed by atoms with Crippen LogP contribution >= 0.6 is 0 Å². The number of likely N-dealkylation sites (N-methyl/N-ethyl adjacent to an activating group) is 1. The van der Waals surface area contributed by atoms with Crippen molar-refractivity contribution < 1.29 is 0 Å². The molecule has 7 heteroatoms. The van der Waals surface area contributed by atoms with Gasteiger partial charge in [-0.05, 0) is 74.5 Å². The van der Waals surface area contributed by atoms with Crippen molar-refractivity contribution in [2.45, 2.75) is 25.4 Å². The zero-order chi connectivity index (χ0) is 23.2. The Hall–Kier alpha value is -3.89. The third kappa shape index (κ3) is 3.47. The lowest BCUT2D eigenvalue weighted by Gasteiger charge is -2.37. The lowest BCUT2D eigenvalue weighted by atomic mass is 10.0. The Morgan fingerprint density at radius 1 is 1.06 bits per heavy atom. The maximum absolute atomic E-state index is 9.12. The molecule has 0 unspecified atom stereocenters. The SMILES string of the molecule is CN(C)[C@@H]1CCCN(c2ccc3c(c2)Cn2cc(-c4ccc(C#N)cc4)cc2-c2nncn2-3)C1. The molecule has 0 aliphatic carbocycles. The van der Waals surface area contributed by atoms with Gasteiger partial charge in [-0.3, -0.25) is 4.57 Å². The van der Waals surface area contributed by atoms with E-state index in [-0.39, 0.29) is 0 Å². The Kier molecular flexibility index (Phi) is 4.96. The highest BCUT2D eigenvalue weighted by Crippen LogP contribution is 2.35. The van der Waals surface area contributed by atoms with Gasteiger partial charge in [-0.2, -0.15) is 5.26 Å². The van der Waals surface area contributed by atoms with E-state index in [2.05, 4.69) is 79.8 Å². The molecule has 2 aromatic heterocycles. The standard InChI is InChI=1S/C27H27N7/c1-31(2)24-4-3-11-32(17-24)23-9-10-25-22(12-23)16-33-15-21(20-7-5-19(14-28)6-8-20)13-26(33)27-30-29-18-34(25)27/h5-10,12-13,15,18,24H,3-4,11,16-17H2,1-2H3/t24-/m1/s1. The van der Waals surface area contributed by atoms with Gasteiger partial charge < -0.3 is 14.4 Å². The van der Waals surface area contributed by atoms with Crippen LogP contribution in [-0.2, 0) is 6.54 Å². The summed E-state index contributed by atoms with van der Waals surface area (Å²) in [5.74, 6) is 0.844. The Balaban J connectivity index is 1.39. The van der Waals surface area contributed by atoms with E-state index in [1.807, 2.05) is 24.3 Å². The van der Waals surface area contributed by atoms with Gasteiger partial charge in [-0.25, -0.2) is 0 Å². The topological polar surface area (TPSA) is 65.9 Å². The van der Waals surface area contributed by atoms with E-state index in [1.54, 1.807) is 6.33 Å². The molecular formula is C27H27N7. The molecule has 0 saturated carbocycles. The van der Waals surface area contributed by atoms with Crippen LogP contribution in [0.1, 0.15) is 24.0 Å². The minimum atomic E-state index is 0.586. The molecule has 0 bridgehead atoms. The van der Waals surface area contributed by atoms with E-state index in [0.717, 1.165) is 48.0 Å². The fourth-order valence-corrected chi connectivity index (χ4v) is 5.23. The van der Waals surface area contributed by atoms with E-state index in [1.165, 1.54) is 24.1 Å². The molecule has 0 spiro atoms. The Bertz CT molecular complexity index is 1390. The first-order chi connectivity index (χ1) is 16.6. The van der Waals surface area contributed by atoms with Crippen molar-refractivity contribution in [1.82, 2.24) is 24.2 Å². The van der Waals surface area contributed by atoms with Crippen LogP contribution in [0.4, 0.5) is 5.69 Å². The van der Waals surface area contributed by atoms with Crippen molar-refractivity contribution in [2.75, 3.05) is 32.1 Å². The number of nitrogens with zero attached hydrogens (tertiary/aromatic N) is 7. The van der Waals surface area contributed by atoms with Crippen molar-refractivity contribution >= 4 is 5.69 Å². The van der Waals surface area contributed by atoms with Crippen LogP contribution in [0.5, 0.6) is 0 Å². The number of anilines is 1. The van der Waals surface area contributed by atoms with Gasteiger partial charge in [0.1, 0.15) is 6.33 Å². The summed E-state index contributed by atoms with van der Waals surface area (Å²) in [4.78, 5) is 4.86. The molecule has 2 aromatic carbocycles. The Morgan fingerprint density at radius 2 is 1.91 bits per heavy atom. The van der Waals surface area contributed by atoms with Crippen molar-refractivity contribution in [2.24, 2.45) is 0 Å². The first-order valence-electron chi connectivity index (χ1n) is 11.8. The molecule has 6 rings (SSSR count). The molecule has 4 aromatic rings. The van der Waals surface area contributed by atoms with Crippen molar-refractivity contribution in [3.05, 3.63) is 72.2 Å². The van der Waals surface area contributed by atoms with Gasteiger partial charge in [-0.15, -0.1) is 10.2 Å². The smallest absolute Gasteiger partial charge is 0.185 e. The van der Waals surface area contributed by atoms with Gasteiger partial charge in [0, 0.05) is 43.1 Å². The maximum atomic E-state index is 9.12. The molecule has 34 heavy (non-hydrogen) atoms. The van der Waals surface area contributed by atoms with Crippen LogP contribution in [0.25, 0.3) is 28.3 Å². The van der Waals surface area contributed by atoms with Crippen LogP contribution in [0.3, 0.4) is 0 Å². The van der Waals surface area contributed by atoms with Crippen molar-refractivity contribution in [3.63, 3.8) is 0 Å². The molecule has 2 aliphatic rings. The van der Waals surface area contributed by atoms with Gasteiger partial charge in [0.05, 0.1) is 23.0 Å². The van der Waals surface area contributed by atoms with Gasteiger partial charge in [0.25, 0.3) is 0 Å². The zero-order valence-corrected chi connectivity index (χ0v) is 19.5. The molecule has 0 amide bonds. The van der Waals surface area contributed by atoms with Crippen molar-refractivity contribution in [1.29, 1.82) is 5.26 Å². The van der Waals surface area contributed by atoms with Gasteiger partial charge in [0.15, 0.2) is 5.82 Å². The molecule has 2 aliphatic heterocycles. The monoisotopic (exact) mass is 449 g/mol. The lowest BCUT2D eigenvalue weighted by molar-refractivity contribution is 0.258. The van der Waals surface area contributed by atoms with Crippen LogP contribution in [0.2, 0.25) is 0 Å². The second kappa shape index (κ2) is 8.15. The van der Waals surface area contributed by atoms with Crippen LogP contribution in [-0.4, -0.2) is 57.5 Å². The van der Waals surface area contributed by atoms with E-state index in [4.69, 9.17) is 5.26 Å². The summed E-state index contributed by atoms with van der Waals surface area (Å²) in [6.45, 7) is 2.92. The summed E-state index contributed by atoms with van der Waals surface area (Å²) in [5.41, 5.74) is 7.57. The molecule has 1 fully saturated rings. The van der Waals surface area contributed by atoms with E-state index < -0.39 is 0 Å². The van der Waals surface area contributed by atoms with E-state index in [0.29, 0.717) is 11.6 Å². The van der Waals surface area contributed by atoms with E-state index >= 15 is 0 Å². The third-order valence-electron chi connectivity index (χ3n) is 7.18. The molecule has 4 heterocycles. The number of rotatable bonds is 3. The number of benzene rings is 2. The quantitative estimate of drug-likeness (QED) is 0.414. The number of piperidine rings is 1. The van der Waals surface area contributed by atoms with E-state index in [9.17, 15) is 0 Å². The minimum absolute atomic E-state index is 0.586. The first kappa shape index (κ1) is 20.7. The molecule has 1 saturated heterocycles. The Morgan fingerprint density at radius 3 is 2.71 bits per heavy atom. The van der Waals surface area contributed by atoms with Gasteiger partial charge >= 0.3 is 0 Å². The molecule has 170 valence electrons. The largest absolute Gasteiger partial charge is 0.370 e. The predicted octanol–water partition coefficient (Wildman–Crippen LogP) is 4.17. The molecule has 0 radical (unpaired) electrons. The second-order valence-electron chi connectivity index (χ2n) is 9.47. The number of hydrogen-bond acceptors (Lipinski definition) is 5. The second-order valence-corrected chi connectivity index (χ2v) is 9.47. The normalized spacial score (nSPS) is 17.0. The van der Waals surface area contributed by atoms with Crippen LogP contribution in [0, 0.1) is 11.3 Å². The first-order valence-corrected chi connectivity index (χ1v) is 11.8. The average molecular weight is 450 g/mol. The highest BCUT2D eigenvalue weighted by molar-refractivity contribution is 5.72. The predicted molar refractivity (Wildman–Crippen MR) is 133 cm³/mol. The minimum Gasteiger partial charge on any atom is -0.370 e. The average Bonchev–Trinajstić information content (AvgIpc) is 3.49. The summed E-state index contributed by atoms with van der Waals surface area (Å²) >= 11 is 0. The number of aromatic nitrogens is 4. The molecular weight excluding hydrogens is 422 g/mol. The lowest BCUT2D eigenvalue weighted by Crippen LogP contribution is -2.45. The highest BCUT2D eigenvalue weighted by Gasteiger charge is 2.25. The number of hydrogen-bond donors (Lipinski definition) is 0. The third-order valence-corrected chi connectivity index (χ3v) is 7.18. The number of fused-ring (bicyclic) bond motifs is 5. The summed E-state index contributed by atoms with van der Waals surface area (Å²) < 4.78 is 4.36. The van der Waals surface area contributed by atoms with Crippen molar-refractivity contribution in [3.8, 4) is 34.4 Å². The highest BCUT2D eigenvalue weighted by atomic mass is 15.3. The van der Waals surface area contributed by atoms with Crippen LogP contribution in [0.15, 0.2) is 61.1 Å². The summed E-state index contributed by atoms with van der Waals surface area (Å²) in [5, 5.41) is 17.8. The zero-order valence-electron chi connectivity index (χ0n) is 19.5. The summed E-state index contributed by atoms with van der Waals surface area (Å²) in [6, 6.07) is 19.5. The van der Waals surface area contributed by atoms with Gasteiger partial charge in [0.2, 0.25) is 0 Å². The fraction of sp³-hybridized carbons (Fsp3) is 0.296. The van der Waals surface area contributed by atoms with Crippen LogP contribution < -0.4 is 4.90 Å². The Labute approximate surface area is 199 Å². The summed E-state index contributed by atoms with van der Waals surface area (Å²) in [6.07, 6.45) is 6.45. The summed E-state index contributed by atoms with van der Waals surface area (Å²) in [7, 11) is 4.36. The maximum Gasteiger partial charge on any atom is 0.185 e.